The maximum atomic E-state index is 12.7. The standard InChI is InChI=1S/C11H16FNO/c1-13-8-7-11(14-2)9-3-5-10(12)6-4-9/h3-6,11,13H,7-8H2,1-2H3. The molecule has 1 N–H and O–H groups in total. The Hall–Kier alpha value is -0.930. The Balaban J connectivity index is 2.64. The molecule has 0 saturated carbocycles. The van der Waals surface area contributed by atoms with Gasteiger partial charge in [-0.2, -0.15) is 0 Å². The zero-order valence-electron chi connectivity index (χ0n) is 8.59. The summed E-state index contributed by atoms with van der Waals surface area (Å²) in [7, 11) is 3.57. The number of benzene rings is 1. The predicted molar refractivity (Wildman–Crippen MR) is 54.7 cm³/mol. The summed E-state index contributed by atoms with van der Waals surface area (Å²) < 4.78 is 18.0. The van der Waals surface area contributed by atoms with Crippen LogP contribution in [0.4, 0.5) is 4.39 Å². The number of hydrogen-bond donors (Lipinski definition) is 1. The summed E-state index contributed by atoms with van der Waals surface area (Å²) in [4.78, 5) is 0. The fourth-order valence-electron chi connectivity index (χ4n) is 1.37. The lowest BCUT2D eigenvalue weighted by Gasteiger charge is -2.15. The third kappa shape index (κ3) is 3.09. The van der Waals surface area contributed by atoms with E-state index in [2.05, 4.69) is 5.32 Å². The van der Waals surface area contributed by atoms with Gasteiger partial charge in [0.25, 0.3) is 0 Å². The molecule has 0 bridgehead atoms. The maximum absolute atomic E-state index is 12.7. The Labute approximate surface area is 84.1 Å². The lowest BCUT2D eigenvalue weighted by Crippen LogP contribution is -2.13. The Morgan fingerprint density at radius 2 is 2.00 bits per heavy atom. The van der Waals surface area contributed by atoms with Crippen molar-refractivity contribution in [2.75, 3.05) is 20.7 Å². The van der Waals surface area contributed by atoms with Gasteiger partial charge in [0.15, 0.2) is 0 Å². The van der Waals surface area contributed by atoms with Crippen molar-refractivity contribution in [3.63, 3.8) is 0 Å². The fraction of sp³-hybridized carbons (Fsp3) is 0.455. The molecule has 0 fully saturated rings. The van der Waals surface area contributed by atoms with Crippen LogP contribution in [0.1, 0.15) is 18.1 Å². The molecule has 0 aliphatic carbocycles. The molecule has 0 aliphatic heterocycles. The van der Waals surface area contributed by atoms with Crippen molar-refractivity contribution in [3.8, 4) is 0 Å². The van der Waals surface area contributed by atoms with E-state index in [-0.39, 0.29) is 11.9 Å². The third-order valence-corrected chi connectivity index (χ3v) is 2.18. The van der Waals surface area contributed by atoms with E-state index in [0.29, 0.717) is 0 Å². The van der Waals surface area contributed by atoms with E-state index in [1.165, 1.54) is 12.1 Å². The summed E-state index contributed by atoms with van der Waals surface area (Å²) in [6.45, 7) is 0.885. The van der Waals surface area contributed by atoms with Crippen LogP contribution in [0.5, 0.6) is 0 Å². The van der Waals surface area contributed by atoms with E-state index >= 15 is 0 Å². The second-order valence-electron chi connectivity index (χ2n) is 3.17. The molecule has 0 spiro atoms. The monoisotopic (exact) mass is 197 g/mol. The van der Waals surface area contributed by atoms with Gasteiger partial charge in [-0.05, 0) is 37.7 Å². The van der Waals surface area contributed by atoms with E-state index in [1.54, 1.807) is 19.2 Å². The highest BCUT2D eigenvalue weighted by molar-refractivity contribution is 5.18. The Morgan fingerprint density at radius 1 is 1.36 bits per heavy atom. The number of methoxy groups -OCH3 is 1. The average molecular weight is 197 g/mol. The van der Waals surface area contributed by atoms with Crippen molar-refractivity contribution in [3.05, 3.63) is 35.6 Å². The van der Waals surface area contributed by atoms with Crippen LogP contribution in [0.25, 0.3) is 0 Å². The van der Waals surface area contributed by atoms with Crippen LogP contribution in [0.15, 0.2) is 24.3 Å². The topological polar surface area (TPSA) is 21.3 Å². The summed E-state index contributed by atoms with van der Waals surface area (Å²) in [5.41, 5.74) is 1.02. The zero-order valence-corrected chi connectivity index (χ0v) is 8.59. The van der Waals surface area contributed by atoms with Crippen LogP contribution < -0.4 is 5.32 Å². The second-order valence-corrected chi connectivity index (χ2v) is 3.17. The molecule has 78 valence electrons. The molecule has 1 atom stereocenters. The molecule has 3 heteroatoms. The van der Waals surface area contributed by atoms with Crippen LogP contribution in [0, 0.1) is 5.82 Å². The van der Waals surface area contributed by atoms with Gasteiger partial charge in [0.2, 0.25) is 0 Å². The minimum Gasteiger partial charge on any atom is -0.377 e. The molecular weight excluding hydrogens is 181 g/mol. The lowest BCUT2D eigenvalue weighted by molar-refractivity contribution is 0.0961. The Bertz CT molecular complexity index is 260. The normalized spacial score (nSPS) is 12.8. The second kappa shape index (κ2) is 5.73. The molecule has 0 saturated heterocycles. The van der Waals surface area contributed by atoms with Crippen LogP contribution in [-0.4, -0.2) is 20.7 Å². The van der Waals surface area contributed by atoms with Gasteiger partial charge in [-0.3, -0.25) is 0 Å². The summed E-state index contributed by atoms with van der Waals surface area (Å²) in [6, 6.07) is 6.44. The van der Waals surface area contributed by atoms with Crippen LogP contribution in [0.2, 0.25) is 0 Å². The molecule has 2 nitrogen and oxygen atoms in total. The Morgan fingerprint density at radius 3 is 2.50 bits per heavy atom. The molecule has 0 aromatic heterocycles. The van der Waals surface area contributed by atoms with Gasteiger partial charge in [0, 0.05) is 7.11 Å². The molecule has 1 aromatic rings. The van der Waals surface area contributed by atoms with Crippen LogP contribution >= 0.6 is 0 Å². The smallest absolute Gasteiger partial charge is 0.123 e. The largest absolute Gasteiger partial charge is 0.377 e. The zero-order chi connectivity index (χ0) is 10.4. The fourth-order valence-corrected chi connectivity index (χ4v) is 1.37. The molecular formula is C11H16FNO. The molecule has 14 heavy (non-hydrogen) atoms. The van der Waals surface area contributed by atoms with E-state index in [1.807, 2.05) is 7.05 Å². The summed E-state index contributed by atoms with van der Waals surface area (Å²) in [5, 5.41) is 3.06. The van der Waals surface area contributed by atoms with Crippen LogP contribution in [0.3, 0.4) is 0 Å². The van der Waals surface area contributed by atoms with E-state index in [4.69, 9.17) is 4.74 Å². The molecule has 0 heterocycles. The van der Waals surface area contributed by atoms with Gasteiger partial charge in [-0.15, -0.1) is 0 Å². The van der Waals surface area contributed by atoms with Gasteiger partial charge in [-0.1, -0.05) is 12.1 Å². The quantitative estimate of drug-likeness (QED) is 0.780. The number of ether oxygens (including phenoxy) is 1. The number of nitrogens with one attached hydrogen (secondary N) is 1. The van der Waals surface area contributed by atoms with Gasteiger partial charge in [0.05, 0.1) is 6.10 Å². The minimum atomic E-state index is -0.211. The highest BCUT2D eigenvalue weighted by Gasteiger charge is 2.09. The van der Waals surface area contributed by atoms with Crippen LogP contribution in [-0.2, 0) is 4.74 Å². The number of rotatable bonds is 5. The van der Waals surface area contributed by atoms with Crippen molar-refractivity contribution < 1.29 is 9.13 Å². The van der Waals surface area contributed by atoms with Gasteiger partial charge >= 0.3 is 0 Å². The minimum absolute atomic E-state index is 0.0445. The third-order valence-electron chi connectivity index (χ3n) is 2.18. The van der Waals surface area contributed by atoms with Gasteiger partial charge in [0.1, 0.15) is 5.82 Å². The molecule has 1 unspecified atom stereocenters. The summed E-state index contributed by atoms with van der Waals surface area (Å²) in [6.07, 6.45) is 0.932. The van der Waals surface area contributed by atoms with E-state index in [0.717, 1.165) is 18.5 Å². The molecule has 1 aromatic carbocycles. The Kier molecular flexibility index (Phi) is 4.56. The van der Waals surface area contributed by atoms with Crippen molar-refractivity contribution >= 4 is 0 Å². The molecule has 1 rings (SSSR count). The van der Waals surface area contributed by atoms with Crippen molar-refractivity contribution in [1.29, 1.82) is 0 Å². The van der Waals surface area contributed by atoms with Crippen molar-refractivity contribution in [2.45, 2.75) is 12.5 Å². The highest BCUT2D eigenvalue weighted by Crippen LogP contribution is 2.19. The average Bonchev–Trinajstić information content (AvgIpc) is 2.21. The summed E-state index contributed by atoms with van der Waals surface area (Å²) in [5.74, 6) is -0.211. The first-order chi connectivity index (χ1) is 6.77. The number of halogens is 1. The van der Waals surface area contributed by atoms with Gasteiger partial charge in [-0.25, -0.2) is 4.39 Å². The maximum Gasteiger partial charge on any atom is 0.123 e. The summed E-state index contributed by atoms with van der Waals surface area (Å²) >= 11 is 0. The first-order valence-corrected chi connectivity index (χ1v) is 4.70. The molecule has 0 amide bonds. The lowest BCUT2D eigenvalue weighted by atomic mass is 10.1. The first-order valence-electron chi connectivity index (χ1n) is 4.70. The predicted octanol–water partition coefficient (Wildman–Crippen LogP) is 2.12. The van der Waals surface area contributed by atoms with E-state index < -0.39 is 0 Å². The highest BCUT2D eigenvalue weighted by atomic mass is 19.1. The van der Waals surface area contributed by atoms with Crippen molar-refractivity contribution in [2.24, 2.45) is 0 Å². The SMILES string of the molecule is CNCCC(OC)c1ccc(F)cc1. The first kappa shape index (κ1) is 11.1. The number of hydrogen-bond acceptors (Lipinski definition) is 2. The molecule has 0 radical (unpaired) electrons. The van der Waals surface area contributed by atoms with E-state index in [9.17, 15) is 4.39 Å². The van der Waals surface area contributed by atoms with Gasteiger partial charge < -0.3 is 10.1 Å². The van der Waals surface area contributed by atoms with Crippen molar-refractivity contribution in [1.82, 2.24) is 5.32 Å². The molecule has 0 aliphatic rings.